The number of carboxylic acid groups (broad SMARTS) is 2. The molecule has 9 nitrogen and oxygen atoms in total. The molecule has 0 saturated heterocycles. The lowest BCUT2D eigenvalue weighted by Gasteiger charge is -2.30. The van der Waals surface area contributed by atoms with Crippen molar-refractivity contribution < 1.29 is 29.0 Å². The number of aliphatic imine (C=N–C) groups is 2. The van der Waals surface area contributed by atoms with Crippen LogP contribution in [0.1, 0.15) is 0 Å². The molecule has 0 aromatic carbocycles. The van der Waals surface area contributed by atoms with Gasteiger partial charge in [0.15, 0.2) is 6.34 Å². The zero-order chi connectivity index (χ0) is 15.6. The van der Waals surface area contributed by atoms with Gasteiger partial charge in [-0.3, -0.25) is 9.48 Å². The summed E-state index contributed by atoms with van der Waals surface area (Å²) >= 11 is 0. The van der Waals surface area contributed by atoms with Gasteiger partial charge in [-0.1, -0.05) is 0 Å². The number of carbonyl (C=O) groups excluding carboxylic acids is 1. The first-order chi connectivity index (χ1) is 10.0. The number of hydrogen-bond acceptors (Lipinski definition) is 7. The molecular formula is C12H20N4O5. The summed E-state index contributed by atoms with van der Waals surface area (Å²) in [5.74, 6) is -2.19. The van der Waals surface area contributed by atoms with Crippen LogP contribution in [0.2, 0.25) is 0 Å². The smallest absolute Gasteiger partial charge is 0.329 e. The molecule has 2 N–H and O–H groups in total. The first kappa shape index (κ1) is 17.1. The number of ether oxygens (including phenoxy) is 1. The average molecular weight is 300 g/mol. The third kappa shape index (κ3) is 7.37. The Morgan fingerprint density at radius 3 is 2.62 bits per heavy atom. The van der Waals surface area contributed by atoms with Gasteiger partial charge in [0.05, 0.1) is 32.0 Å². The highest BCUT2D eigenvalue weighted by Gasteiger charge is 2.29. The van der Waals surface area contributed by atoms with E-state index in [1.165, 1.54) is 0 Å². The van der Waals surface area contributed by atoms with Gasteiger partial charge in [0.1, 0.15) is 26.2 Å². The molecule has 21 heavy (non-hydrogen) atoms. The monoisotopic (exact) mass is 300 g/mol. The van der Waals surface area contributed by atoms with Crippen LogP contribution < -0.4 is 10.4 Å². The van der Waals surface area contributed by atoms with Crippen molar-refractivity contribution in [1.29, 1.82) is 0 Å². The molecular weight excluding hydrogens is 280 g/mol. The average Bonchev–Trinajstić information content (AvgIpc) is 3.08. The molecule has 0 fully saturated rings. The van der Waals surface area contributed by atoms with Gasteiger partial charge in [-0.25, -0.2) is 9.79 Å². The lowest BCUT2D eigenvalue weighted by atomic mass is 10.4. The predicted molar refractivity (Wildman–Crippen MR) is 73.0 cm³/mol. The fraction of sp³-hybridized carbons (Fsp3) is 0.667. The van der Waals surface area contributed by atoms with Crippen LogP contribution in [0.4, 0.5) is 0 Å². The third-order valence-electron chi connectivity index (χ3n) is 2.92. The van der Waals surface area contributed by atoms with Crippen molar-refractivity contribution in [2.45, 2.75) is 0 Å². The van der Waals surface area contributed by atoms with Gasteiger partial charge in [-0.15, -0.1) is 0 Å². The summed E-state index contributed by atoms with van der Waals surface area (Å²) in [7, 11) is 0. The molecule has 0 radical (unpaired) electrons. The topological polar surface area (TPSA) is 123 Å². The second kappa shape index (κ2) is 9.03. The van der Waals surface area contributed by atoms with Crippen molar-refractivity contribution in [3.8, 4) is 0 Å². The Bertz CT molecular complexity index is 406. The molecule has 0 aromatic rings. The van der Waals surface area contributed by atoms with Crippen molar-refractivity contribution in [2.75, 3.05) is 52.5 Å². The SMILES string of the molecule is C1=NCCN1.O=C([O-])C[N+]1(CCOCC(=O)O)C=NCC1. The van der Waals surface area contributed by atoms with Crippen molar-refractivity contribution >= 4 is 24.6 Å². The van der Waals surface area contributed by atoms with Crippen LogP contribution in [-0.4, -0.2) is 86.7 Å². The highest BCUT2D eigenvalue weighted by atomic mass is 16.5. The molecule has 2 heterocycles. The second-order valence-electron chi connectivity index (χ2n) is 4.65. The molecule has 2 rings (SSSR count). The third-order valence-corrected chi connectivity index (χ3v) is 2.92. The maximum Gasteiger partial charge on any atom is 0.329 e. The number of rotatable bonds is 7. The first-order valence-electron chi connectivity index (χ1n) is 6.62. The first-order valence-corrected chi connectivity index (χ1v) is 6.62. The van der Waals surface area contributed by atoms with Crippen LogP contribution in [0.5, 0.6) is 0 Å². The van der Waals surface area contributed by atoms with Crippen molar-refractivity contribution in [3.05, 3.63) is 0 Å². The van der Waals surface area contributed by atoms with Crippen molar-refractivity contribution in [2.24, 2.45) is 9.98 Å². The van der Waals surface area contributed by atoms with Crippen LogP contribution in [0.15, 0.2) is 9.98 Å². The lowest BCUT2D eigenvalue weighted by molar-refractivity contribution is -0.823. The Labute approximate surface area is 122 Å². The summed E-state index contributed by atoms with van der Waals surface area (Å²) in [6, 6.07) is 0. The summed E-state index contributed by atoms with van der Waals surface area (Å²) in [6.45, 7) is 3.20. The Balaban J connectivity index is 0.000000369. The Hall–Kier alpha value is -2.00. The van der Waals surface area contributed by atoms with E-state index in [0.717, 1.165) is 13.1 Å². The largest absolute Gasteiger partial charge is 0.544 e. The van der Waals surface area contributed by atoms with Crippen LogP contribution in [-0.2, 0) is 14.3 Å². The standard InChI is InChI=1S/C9H14N2O5.C3H6N2/c12-8(13)5-11(2-1-10-7-11)3-4-16-6-9(14)15;1-2-5-3-4-1/h7H,1-6H2,(H-,12,13,14,15);3H,1-2H2,(H,4,5). The summed E-state index contributed by atoms with van der Waals surface area (Å²) in [6.07, 6.45) is 3.31. The van der Waals surface area contributed by atoms with Gasteiger partial charge in [-0.2, -0.15) is 0 Å². The summed E-state index contributed by atoms with van der Waals surface area (Å²) in [5, 5.41) is 21.9. The fourth-order valence-electron chi connectivity index (χ4n) is 1.90. The number of aliphatic carboxylic acids is 2. The molecule has 0 aromatic heterocycles. The molecule has 1 unspecified atom stereocenters. The number of quaternary nitrogens is 1. The zero-order valence-electron chi connectivity index (χ0n) is 11.7. The zero-order valence-corrected chi connectivity index (χ0v) is 11.7. The van der Waals surface area contributed by atoms with E-state index in [0.29, 0.717) is 19.6 Å². The molecule has 118 valence electrons. The Morgan fingerprint density at radius 2 is 2.19 bits per heavy atom. The predicted octanol–water partition coefficient (Wildman–Crippen LogP) is -2.69. The number of carbonyl (C=O) groups is 2. The minimum atomic E-state index is -1.15. The van der Waals surface area contributed by atoms with Crippen LogP contribution in [0, 0.1) is 0 Å². The summed E-state index contributed by atoms with van der Waals surface area (Å²) in [4.78, 5) is 28.6. The molecule has 2 aliphatic heterocycles. The van der Waals surface area contributed by atoms with Gasteiger partial charge < -0.3 is 25.1 Å². The molecule has 0 spiro atoms. The maximum atomic E-state index is 10.6. The quantitative estimate of drug-likeness (QED) is 0.390. The maximum absolute atomic E-state index is 10.6. The molecule has 1 atom stereocenters. The molecule has 0 saturated carbocycles. The van der Waals surface area contributed by atoms with Crippen LogP contribution in [0.25, 0.3) is 0 Å². The number of carboxylic acids is 2. The van der Waals surface area contributed by atoms with Gasteiger partial charge in [0, 0.05) is 6.54 Å². The van der Waals surface area contributed by atoms with E-state index < -0.39 is 11.9 Å². The number of nitrogens with zero attached hydrogens (tertiary/aromatic N) is 3. The van der Waals surface area contributed by atoms with Crippen molar-refractivity contribution in [1.82, 2.24) is 5.32 Å². The van der Waals surface area contributed by atoms with Crippen LogP contribution >= 0.6 is 0 Å². The van der Waals surface area contributed by atoms with Gasteiger partial charge in [0.2, 0.25) is 0 Å². The number of nitrogens with one attached hydrogen (secondary N) is 1. The molecule has 2 aliphatic rings. The normalized spacial score (nSPS) is 22.5. The van der Waals surface area contributed by atoms with Crippen molar-refractivity contribution in [3.63, 3.8) is 0 Å². The fourth-order valence-corrected chi connectivity index (χ4v) is 1.90. The minimum absolute atomic E-state index is 0.153. The number of hydrogen-bond donors (Lipinski definition) is 2. The van der Waals surface area contributed by atoms with Gasteiger partial charge >= 0.3 is 5.97 Å². The van der Waals surface area contributed by atoms with Gasteiger partial charge in [-0.05, 0) is 0 Å². The Morgan fingerprint density at radius 1 is 1.38 bits per heavy atom. The van der Waals surface area contributed by atoms with E-state index in [-0.39, 0.29) is 24.2 Å². The van der Waals surface area contributed by atoms with E-state index >= 15 is 0 Å². The van der Waals surface area contributed by atoms with E-state index in [2.05, 4.69) is 15.3 Å². The Kier molecular flexibility index (Phi) is 7.33. The van der Waals surface area contributed by atoms with Crippen LogP contribution in [0.3, 0.4) is 0 Å². The summed E-state index contributed by atoms with van der Waals surface area (Å²) < 4.78 is 5.04. The van der Waals surface area contributed by atoms with E-state index in [4.69, 9.17) is 9.84 Å². The molecule has 0 bridgehead atoms. The lowest BCUT2D eigenvalue weighted by Crippen LogP contribution is -2.53. The van der Waals surface area contributed by atoms with E-state index in [1.54, 1.807) is 12.7 Å². The second-order valence-corrected chi connectivity index (χ2v) is 4.65. The van der Waals surface area contributed by atoms with E-state index in [1.807, 2.05) is 0 Å². The molecule has 0 amide bonds. The highest BCUT2D eigenvalue weighted by molar-refractivity contribution is 5.68. The minimum Gasteiger partial charge on any atom is -0.544 e. The summed E-state index contributed by atoms with van der Waals surface area (Å²) in [5.41, 5.74) is 0. The van der Waals surface area contributed by atoms with E-state index in [9.17, 15) is 14.7 Å². The molecule has 9 heteroatoms. The van der Waals surface area contributed by atoms with Gasteiger partial charge in [0.25, 0.3) is 0 Å². The highest BCUT2D eigenvalue weighted by Crippen LogP contribution is 2.08. The molecule has 0 aliphatic carbocycles.